The van der Waals surface area contributed by atoms with Gasteiger partial charge in [0.15, 0.2) is 0 Å². The standard InChI is InChI=1S/C7H10O/c8-6-7-4-2-1-3-5-7/h2,4,6,8H,1,3,5H2/p+1. The monoisotopic (exact) mass is 111 g/mol. The Kier molecular flexibility index (Phi) is 1.73. The minimum atomic E-state index is 1.10. The van der Waals surface area contributed by atoms with Crippen LogP contribution in [0.5, 0.6) is 0 Å². The highest BCUT2D eigenvalue weighted by atomic mass is 16.2. The average molecular weight is 111 g/mol. The highest BCUT2D eigenvalue weighted by Gasteiger charge is 1.98. The molecule has 0 aromatic rings. The van der Waals surface area contributed by atoms with Crippen molar-refractivity contribution in [2.24, 2.45) is 0 Å². The van der Waals surface area contributed by atoms with Gasteiger partial charge in [0.2, 0.25) is 6.26 Å². The van der Waals surface area contributed by atoms with Gasteiger partial charge in [-0.3, -0.25) is 0 Å². The summed E-state index contributed by atoms with van der Waals surface area (Å²) in [5.41, 5.74) is 1.16. The normalized spacial score (nSPS) is 24.2. The van der Waals surface area contributed by atoms with E-state index in [4.69, 9.17) is 5.11 Å². The van der Waals surface area contributed by atoms with E-state index in [0.717, 1.165) is 12.0 Å². The van der Waals surface area contributed by atoms with Gasteiger partial charge in [0.25, 0.3) is 0 Å². The van der Waals surface area contributed by atoms with Crippen molar-refractivity contribution in [2.45, 2.75) is 19.3 Å². The number of rotatable bonds is 0. The zero-order chi connectivity index (χ0) is 5.82. The van der Waals surface area contributed by atoms with E-state index >= 15 is 0 Å². The average Bonchev–Trinajstić information content (AvgIpc) is 1.90. The van der Waals surface area contributed by atoms with Crippen LogP contribution in [0.2, 0.25) is 0 Å². The predicted octanol–water partition coefficient (Wildman–Crippen LogP) is 1.33. The molecule has 0 bridgehead atoms. The van der Waals surface area contributed by atoms with Crippen molar-refractivity contribution in [2.75, 3.05) is 0 Å². The molecule has 1 aliphatic carbocycles. The van der Waals surface area contributed by atoms with Gasteiger partial charge in [-0.05, 0) is 19.3 Å². The van der Waals surface area contributed by atoms with Crippen LogP contribution in [0, 0.1) is 0 Å². The van der Waals surface area contributed by atoms with Gasteiger partial charge in [0.05, 0.1) is 0 Å². The zero-order valence-corrected chi connectivity index (χ0v) is 4.85. The Labute approximate surface area is 49.3 Å². The Morgan fingerprint density at radius 1 is 1.62 bits per heavy atom. The quantitative estimate of drug-likeness (QED) is 0.332. The lowest BCUT2D eigenvalue weighted by atomic mass is 10.0. The van der Waals surface area contributed by atoms with E-state index in [-0.39, 0.29) is 0 Å². The Balaban J connectivity index is 2.56. The maximum Gasteiger partial charge on any atom is 0.219 e. The number of hydrogen-bond acceptors (Lipinski definition) is 0. The summed E-state index contributed by atoms with van der Waals surface area (Å²) in [6.07, 6.45) is 9.12. The first-order valence-electron chi connectivity index (χ1n) is 2.96. The maximum atomic E-state index is 6.88. The largest absolute Gasteiger partial charge is 0.598 e. The van der Waals surface area contributed by atoms with E-state index in [0.29, 0.717) is 0 Å². The van der Waals surface area contributed by atoms with Gasteiger partial charge in [-0.25, -0.2) is 0 Å². The molecular formula is C7H11O+. The second kappa shape index (κ2) is 2.55. The first kappa shape index (κ1) is 5.42. The van der Waals surface area contributed by atoms with Crippen molar-refractivity contribution in [3.63, 3.8) is 0 Å². The highest BCUT2D eigenvalue weighted by Crippen LogP contribution is 2.14. The van der Waals surface area contributed by atoms with Gasteiger partial charge in [-0.2, -0.15) is 0 Å². The zero-order valence-electron chi connectivity index (χ0n) is 4.85. The molecule has 1 nitrogen and oxygen atoms in total. The van der Waals surface area contributed by atoms with Crippen molar-refractivity contribution >= 4 is 0 Å². The molecule has 1 heteroatoms. The summed E-state index contributed by atoms with van der Waals surface area (Å²) in [6, 6.07) is 0. The van der Waals surface area contributed by atoms with Crippen LogP contribution in [0.15, 0.2) is 24.0 Å². The van der Waals surface area contributed by atoms with Crippen LogP contribution >= 0.6 is 0 Å². The van der Waals surface area contributed by atoms with Crippen LogP contribution in [-0.2, 0) is 0 Å². The van der Waals surface area contributed by atoms with Crippen LogP contribution in [-0.4, -0.2) is 5.11 Å². The SMILES string of the molecule is [OH2+]C=C1C=CCCC1. The van der Waals surface area contributed by atoms with Gasteiger partial charge in [0.1, 0.15) is 0 Å². The third-order valence-electron chi connectivity index (χ3n) is 1.35. The molecule has 1 aliphatic rings. The molecular weight excluding hydrogens is 100 g/mol. The third-order valence-corrected chi connectivity index (χ3v) is 1.35. The maximum absolute atomic E-state index is 6.88. The molecule has 2 N–H and O–H groups in total. The summed E-state index contributed by atoms with van der Waals surface area (Å²) < 4.78 is 0. The minimum Gasteiger partial charge on any atom is -0.598 e. The van der Waals surface area contributed by atoms with Crippen LogP contribution in [0.3, 0.4) is 0 Å². The third kappa shape index (κ3) is 1.12. The lowest BCUT2D eigenvalue weighted by Crippen LogP contribution is -1.84. The van der Waals surface area contributed by atoms with Gasteiger partial charge < -0.3 is 5.11 Å². The molecule has 0 heterocycles. The lowest BCUT2D eigenvalue weighted by molar-refractivity contribution is 0.465. The molecule has 0 atom stereocenters. The Morgan fingerprint density at radius 2 is 2.50 bits per heavy atom. The van der Waals surface area contributed by atoms with Gasteiger partial charge >= 0.3 is 0 Å². The summed E-state index contributed by atoms with van der Waals surface area (Å²) in [5, 5.41) is 6.88. The smallest absolute Gasteiger partial charge is 0.219 e. The van der Waals surface area contributed by atoms with Crippen molar-refractivity contribution < 1.29 is 5.11 Å². The number of allylic oxidation sites excluding steroid dienone is 3. The van der Waals surface area contributed by atoms with Crippen molar-refractivity contribution in [1.29, 1.82) is 0 Å². The van der Waals surface area contributed by atoms with Crippen LogP contribution in [0.1, 0.15) is 19.3 Å². The molecule has 0 amide bonds. The Morgan fingerprint density at radius 3 is 2.88 bits per heavy atom. The fourth-order valence-corrected chi connectivity index (χ4v) is 0.862. The molecule has 0 spiro atoms. The Bertz CT molecular complexity index is 122. The fraction of sp³-hybridized carbons (Fsp3) is 0.429. The molecule has 0 radical (unpaired) electrons. The molecule has 0 fully saturated rings. The topological polar surface area (TPSA) is 22.9 Å². The minimum absolute atomic E-state index is 1.10. The first-order chi connectivity index (χ1) is 3.93. The van der Waals surface area contributed by atoms with Gasteiger partial charge in [-0.15, -0.1) is 0 Å². The van der Waals surface area contributed by atoms with E-state index in [1.54, 1.807) is 0 Å². The molecule has 0 saturated carbocycles. The number of hydrogen-bond donors (Lipinski definition) is 0. The molecule has 8 heavy (non-hydrogen) atoms. The fourth-order valence-electron chi connectivity index (χ4n) is 0.862. The summed E-state index contributed by atoms with van der Waals surface area (Å²) in [5.74, 6) is 0. The predicted molar refractivity (Wildman–Crippen MR) is 34.7 cm³/mol. The molecule has 44 valence electrons. The van der Waals surface area contributed by atoms with E-state index < -0.39 is 0 Å². The van der Waals surface area contributed by atoms with E-state index in [1.165, 1.54) is 19.1 Å². The van der Waals surface area contributed by atoms with E-state index in [1.807, 2.05) is 6.08 Å². The summed E-state index contributed by atoms with van der Waals surface area (Å²) >= 11 is 0. The first-order valence-corrected chi connectivity index (χ1v) is 2.96. The van der Waals surface area contributed by atoms with Gasteiger partial charge in [0, 0.05) is 5.57 Å². The highest BCUT2D eigenvalue weighted by molar-refractivity contribution is 5.18. The molecule has 0 aliphatic heterocycles. The van der Waals surface area contributed by atoms with E-state index in [2.05, 4.69) is 6.08 Å². The molecule has 0 aromatic heterocycles. The lowest BCUT2D eigenvalue weighted by Gasteiger charge is -2.01. The molecule has 0 unspecified atom stereocenters. The van der Waals surface area contributed by atoms with Crippen LogP contribution < -0.4 is 0 Å². The summed E-state index contributed by atoms with van der Waals surface area (Å²) in [6.45, 7) is 0. The molecule has 1 rings (SSSR count). The van der Waals surface area contributed by atoms with E-state index in [9.17, 15) is 0 Å². The second-order valence-electron chi connectivity index (χ2n) is 2.01. The van der Waals surface area contributed by atoms with Crippen molar-refractivity contribution in [1.82, 2.24) is 0 Å². The van der Waals surface area contributed by atoms with Crippen molar-refractivity contribution in [3.05, 3.63) is 24.0 Å². The summed E-state index contributed by atoms with van der Waals surface area (Å²) in [4.78, 5) is 0. The summed E-state index contributed by atoms with van der Waals surface area (Å²) in [7, 11) is 0. The molecule has 0 aromatic carbocycles. The second-order valence-corrected chi connectivity index (χ2v) is 2.01. The van der Waals surface area contributed by atoms with Crippen LogP contribution in [0.25, 0.3) is 0 Å². The van der Waals surface area contributed by atoms with Gasteiger partial charge in [-0.1, -0.05) is 12.2 Å². The Hall–Kier alpha value is -0.720. The molecule has 0 saturated heterocycles. The van der Waals surface area contributed by atoms with Crippen LogP contribution in [0.4, 0.5) is 0 Å². The van der Waals surface area contributed by atoms with Crippen molar-refractivity contribution in [3.8, 4) is 0 Å².